The van der Waals surface area contributed by atoms with Crippen molar-refractivity contribution in [3.63, 3.8) is 0 Å². The molecule has 14 heteroatoms. The number of aromatic hydroxyl groups is 2. The van der Waals surface area contributed by atoms with E-state index in [4.69, 9.17) is 11.6 Å². The second-order valence-corrected chi connectivity index (χ2v) is 11.5. The number of H-pyrrole nitrogens is 1. The molecule has 0 atom stereocenters. The summed E-state index contributed by atoms with van der Waals surface area (Å²) in [5, 5.41) is 27.3. The second kappa shape index (κ2) is 10.6. The average Bonchev–Trinajstić information content (AvgIpc) is 3.34. The van der Waals surface area contributed by atoms with Gasteiger partial charge in [0.2, 0.25) is 5.91 Å². The van der Waals surface area contributed by atoms with E-state index in [1.807, 2.05) is 0 Å². The van der Waals surface area contributed by atoms with Crippen LogP contribution in [0.5, 0.6) is 11.5 Å². The van der Waals surface area contributed by atoms with Crippen LogP contribution in [0.15, 0.2) is 65.6 Å². The Labute approximate surface area is 237 Å². The van der Waals surface area contributed by atoms with Crippen molar-refractivity contribution in [2.45, 2.75) is 30.5 Å². The molecule has 5 rings (SSSR count). The number of alkyl halides is 3. The summed E-state index contributed by atoms with van der Waals surface area (Å²) in [5.41, 5.74) is 1.88. The van der Waals surface area contributed by atoms with Gasteiger partial charge in [0.15, 0.2) is 0 Å². The minimum atomic E-state index is -4.68. The van der Waals surface area contributed by atoms with E-state index in [0.717, 1.165) is 30.0 Å². The number of rotatable bonds is 6. The van der Waals surface area contributed by atoms with Crippen LogP contribution < -0.4 is 4.72 Å². The topological polar surface area (TPSA) is 136 Å². The van der Waals surface area contributed by atoms with E-state index in [1.54, 1.807) is 17.0 Å². The molecule has 214 valence electrons. The van der Waals surface area contributed by atoms with Gasteiger partial charge in [-0.3, -0.25) is 14.6 Å². The van der Waals surface area contributed by atoms with Crippen molar-refractivity contribution in [3.8, 4) is 22.8 Å². The van der Waals surface area contributed by atoms with Gasteiger partial charge in [-0.15, -0.1) is 0 Å². The van der Waals surface area contributed by atoms with Crippen LogP contribution in [0.2, 0.25) is 5.02 Å². The minimum Gasteiger partial charge on any atom is -0.507 e. The number of aromatic amines is 1. The number of carbonyl (C=O) groups excluding carboxylic acids is 1. The molecule has 3 aromatic carbocycles. The Morgan fingerprint density at radius 1 is 1.07 bits per heavy atom. The Bertz CT molecular complexity index is 1740. The summed E-state index contributed by atoms with van der Waals surface area (Å²) < 4.78 is 66.5. The lowest BCUT2D eigenvalue weighted by Crippen LogP contribution is -2.36. The number of hydrogen-bond donors (Lipinski definition) is 4. The van der Waals surface area contributed by atoms with Crippen molar-refractivity contribution in [1.82, 2.24) is 15.1 Å². The number of benzene rings is 3. The SMILES string of the molecule is O=C(Cc1ccc(NS(=O)(=O)c2cccc(C(F)(F)F)c2)cc1)N1CCc2[nH]nc(-c3cc(Cl)c(O)cc3O)c2C1. The van der Waals surface area contributed by atoms with E-state index >= 15 is 0 Å². The van der Waals surface area contributed by atoms with Gasteiger partial charge in [0.25, 0.3) is 10.0 Å². The smallest absolute Gasteiger partial charge is 0.416 e. The molecule has 0 spiro atoms. The van der Waals surface area contributed by atoms with Crippen molar-refractivity contribution >= 4 is 33.2 Å². The lowest BCUT2D eigenvalue weighted by atomic mass is 9.99. The van der Waals surface area contributed by atoms with Crippen molar-refractivity contribution in [1.29, 1.82) is 0 Å². The molecular formula is C27H22ClF3N4O5S. The maximum atomic E-state index is 13.1. The molecule has 0 unspecified atom stereocenters. The van der Waals surface area contributed by atoms with Crippen LogP contribution in [0.4, 0.5) is 18.9 Å². The fraction of sp³-hybridized carbons (Fsp3) is 0.185. The first-order valence-corrected chi connectivity index (χ1v) is 14.0. The Morgan fingerprint density at radius 2 is 1.80 bits per heavy atom. The zero-order chi connectivity index (χ0) is 29.5. The highest BCUT2D eigenvalue weighted by molar-refractivity contribution is 7.92. The summed E-state index contributed by atoms with van der Waals surface area (Å²) >= 11 is 6.01. The van der Waals surface area contributed by atoms with Gasteiger partial charge in [-0.05, 0) is 42.0 Å². The normalized spacial score (nSPS) is 13.6. The first-order valence-electron chi connectivity index (χ1n) is 12.2. The lowest BCUT2D eigenvalue weighted by Gasteiger charge is -2.27. The number of carbonyl (C=O) groups is 1. The van der Waals surface area contributed by atoms with E-state index in [9.17, 15) is 36.6 Å². The molecule has 0 saturated heterocycles. The van der Waals surface area contributed by atoms with Gasteiger partial charge in [-0.2, -0.15) is 18.3 Å². The molecule has 0 radical (unpaired) electrons. The zero-order valence-corrected chi connectivity index (χ0v) is 22.6. The highest BCUT2D eigenvalue weighted by Crippen LogP contribution is 2.39. The third kappa shape index (κ3) is 5.95. The highest BCUT2D eigenvalue weighted by Gasteiger charge is 2.32. The summed E-state index contributed by atoms with van der Waals surface area (Å²) in [4.78, 5) is 14.2. The van der Waals surface area contributed by atoms with Crippen molar-refractivity contribution in [3.05, 3.63) is 88.1 Å². The molecule has 0 fully saturated rings. The molecule has 9 nitrogen and oxygen atoms in total. The molecular weight excluding hydrogens is 585 g/mol. The van der Waals surface area contributed by atoms with Crippen molar-refractivity contribution in [2.24, 2.45) is 0 Å². The monoisotopic (exact) mass is 606 g/mol. The van der Waals surface area contributed by atoms with Crippen molar-refractivity contribution < 1.29 is 36.6 Å². The van der Waals surface area contributed by atoms with E-state index in [1.165, 1.54) is 18.2 Å². The number of aromatic nitrogens is 2. The standard InChI is InChI=1S/C27H22ClF3N4O5S/c28-21-12-19(23(36)13-24(21)37)26-20-14-35(9-8-22(20)32-33-26)25(38)10-15-4-6-17(7-5-15)34-41(39,40)18-3-1-2-16(11-18)27(29,30)31/h1-7,11-13,34,36-37H,8-10,14H2,(H,32,33). The Kier molecular flexibility index (Phi) is 7.34. The van der Waals surface area contributed by atoms with E-state index in [2.05, 4.69) is 14.9 Å². The number of anilines is 1. The van der Waals surface area contributed by atoms with Gasteiger partial charge < -0.3 is 15.1 Å². The molecule has 0 saturated carbocycles. The maximum absolute atomic E-state index is 13.1. The number of amides is 1. The summed E-state index contributed by atoms with van der Waals surface area (Å²) in [7, 11) is -4.28. The average molecular weight is 607 g/mol. The van der Waals surface area contributed by atoms with Crippen LogP contribution in [0.3, 0.4) is 0 Å². The summed E-state index contributed by atoms with van der Waals surface area (Å²) in [5.74, 6) is -0.690. The second-order valence-electron chi connectivity index (χ2n) is 9.42. The van der Waals surface area contributed by atoms with Crippen molar-refractivity contribution in [2.75, 3.05) is 11.3 Å². The van der Waals surface area contributed by atoms with Crippen LogP contribution >= 0.6 is 11.6 Å². The maximum Gasteiger partial charge on any atom is 0.416 e. The third-order valence-electron chi connectivity index (χ3n) is 6.64. The molecule has 0 aliphatic carbocycles. The molecule has 1 aliphatic rings. The van der Waals surface area contributed by atoms with Gasteiger partial charge in [0, 0.05) is 48.1 Å². The third-order valence-corrected chi connectivity index (χ3v) is 8.32. The first-order chi connectivity index (χ1) is 19.3. The number of nitrogens with one attached hydrogen (secondary N) is 2. The predicted molar refractivity (Wildman–Crippen MR) is 144 cm³/mol. The summed E-state index contributed by atoms with van der Waals surface area (Å²) in [6, 6.07) is 11.9. The molecule has 4 aromatic rings. The Balaban J connectivity index is 1.26. The quantitative estimate of drug-likeness (QED) is 0.241. The van der Waals surface area contributed by atoms with Crippen LogP contribution in [-0.2, 0) is 40.4 Å². The zero-order valence-electron chi connectivity index (χ0n) is 21.0. The van der Waals surface area contributed by atoms with E-state index in [-0.39, 0.29) is 41.1 Å². The minimum absolute atomic E-state index is 0.0134. The molecule has 2 heterocycles. The number of halogens is 4. The predicted octanol–water partition coefficient (Wildman–Crippen LogP) is 5.09. The number of nitrogens with zero attached hydrogens (tertiary/aromatic N) is 2. The van der Waals surface area contributed by atoms with Gasteiger partial charge in [0.05, 0.1) is 21.9 Å². The largest absolute Gasteiger partial charge is 0.507 e. The van der Waals surface area contributed by atoms with E-state index < -0.39 is 26.7 Å². The van der Waals surface area contributed by atoms with Crippen LogP contribution in [0, 0.1) is 0 Å². The van der Waals surface area contributed by atoms with Gasteiger partial charge in [-0.1, -0.05) is 29.8 Å². The summed E-state index contributed by atoms with van der Waals surface area (Å²) in [6.45, 7) is 0.636. The number of phenols is 2. The number of hydrogen-bond acceptors (Lipinski definition) is 6. The Morgan fingerprint density at radius 3 is 2.51 bits per heavy atom. The van der Waals surface area contributed by atoms with Crippen LogP contribution in [-0.4, -0.2) is 46.2 Å². The van der Waals surface area contributed by atoms with Gasteiger partial charge in [0.1, 0.15) is 17.2 Å². The Hall–Kier alpha value is -4.23. The lowest BCUT2D eigenvalue weighted by molar-refractivity contribution is -0.137. The van der Waals surface area contributed by atoms with Crippen LogP contribution in [0.1, 0.15) is 22.4 Å². The fourth-order valence-corrected chi connectivity index (χ4v) is 5.77. The van der Waals surface area contributed by atoms with Crippen LogP contribution in [0.25, 0.3) is 11.3 Å². The van der Waals surface area contributed by atoms with Gasteiger partial charge in [-0.25, -0.2) is 8.42 Å². The molecule has 1 aliphatic heterocycles. The van der Waals surface area contributed by atoms with Gasteiger partial charge >= 0.3 is 6.18 Å². The number of phenolic OH excluding ortho intramolecular Hbond substituents is 2. The molecule has 41 heavy (non-hydrogen) atoms. The molecule has 1 aromatic heterocycles. The molecule has 1 amide bonds. The fourth-order valence-electron chi connectivity index (χ4n) is 4.50. The first kappa shape index (κ1) is 28.3. The number of sulfonamides is 1. The van der Waals surface area contributed by atoms with E-state index in [0.29, 0.717) is 41.4 Å². The number of fused-ring (bicyclic) bond motifs is 1. The highest BCUT2D eigenvalue weighted by atomic mass is 35.5. The molecule has 0 bridgehead atoms. The molecule has 4 N–H and O–H groups in total. The summed E-state index contributed by atoms with van der Waals surface area (Å²) in [6.07, 6.45) is -4.17.